The predicted molar refractivity (Wildman–Crippen MR) is 63.8 cm³/mol. The lowest BCUT2D eigenvalue weighted by Crippen LogP contribution is -2.38. The van der Waals surface area contributed by atoms with Gasteiger partial charge in [0, 0.05) is 25.7 Å². The number of aliphatic hydroxyl groups is 1. The number of nitrogens with two attached hydrogens (primary N) is 1. The highest BCUT2D eigenvalue weighted by molar-refractivity contribution is 4.88. The number of hydrogen-bond acceptors (Lipinski definition) is 3. The molecule has 1 fully saturated rings. The SMILES string of the molecule is CCC1(CC)CCN(CC(N)CCO)C1. The van der Waals surface area contributed by atoms with Gasteiger partial charge in [0.05, 0.1) is 0 Å². The third-order valence-electron chi connectivity index (χ3n) is 4.01. The van der Waals surface area contributed by atoms with Crippen molar-refractivity contribution in [2.75, 3.05) is 26.2 Å². The van der Waals surface area contributed by atoms with Crippen LogP contribution < -0.4 is 5.73 Å². The Kier molecular flexibility index (Phi) is 5.03. The lowest BCUT2D eigenvalue weighted by Gasteiger charge is -2.27. The second-order valence-corrected chi connectivity index (χ2v) is 4.96. The Balaban J connectivity index is 2.35. The molecular weight excluding hydrogens is 188 g/mol. The number of nitrogens with zero attached hydrogens (tertiary/aromatic N) is 1. The molecule has 1 aliphatic rings. The van der Waals surface area contributed by atoms with Crippen molar-refractivity contribution < 1.29 is 5.11 Å². The molecular formula is C12H26N2O. The van der Waals surface area contributed by atoms with Gasteiger partial charge in [0.15, 0.2) is 0 Å². The zero-order valence-corrected chi connectivity index (χ0v) is 10.2. The second kappa shape index (κ2) is 5.83. The van der Waals surface area contributed by atoms with Crippen LogP contribution >= 0.6 is 0 Å². The van der Waals surface area contributed by atoms with Crippen LogP contribution in [0.3, 0.4) is 0 Å². The molecule has 0 amide bonds. The van der Waals surface area contributed by atoms with Crippen molar-refractivity contribution in [3.63, 3.8) is 0 Å². The largest absolute Gasteiger partial charge is 0.396 e. The molecule has 3 heteroatoms. The minimum Gasteiger partial charge on any atom is -0.396 e. The normalized spacial score (nSPS) is 23.2. The van der Waals surface area contributed by atoms with Crippen LogP contribution in [0.4, 0.5) is 0 Å². The van der Waals surface area contributed by atoms with Crippen molar-refractivity contribution in [1.82, 2.24) is 4.90 Å². The molecule has 1 atom stereocenters. The molecule has 0 spiro atoms. The predicted octanol–water partition coefficient (Wildman–Crippen LogP) is 1.21. The molecule has 0 bridgehead atoms. The molecule has 1 heterocycles. The van der Waals surface area contributed by atoms with Gasteiger partial charge in [-0.05, 0) is 37.6 Å². The third-order valence-corrected chi connectivity index (χ3v) is 4.01. The van der Waals surface area contributed by atoms with E-state index in [4.69, 9.17) is 10.8 Å². The number of likely N-dealkylation sites (tertiary alicyclic amines) is 1. The summed E-state index contributed by atoms with van der Waals surface area (Å²) in [7, 11) is 0. The molecule has 3 nitrogen and oxygen atoms in total. The van der Waals surface area contributed by atoms with Gasteiger partial charge < -0.3 is 15.7 Å². The topological polar surface area (TPSA) is 49.5 Å². The summed E-state index contributed by atoms with van der Waals surface area (Å²) in [6, 6.07) is 0.138. The van der Waals surface area contributed by atoms with Crippen LogP contribution in [0.5, 0.6) is 0 Å². The first-order chi connectivity index (χ1) is 7.15. The maximum atomic E-state index is 8.81. The van der Waals surface area contributed by atoms with Crippen molar-refractivity contribution in [2.45, 2.75) is 45.6 Å². The molecule has 3 N–H and O–H groups in total. The smallest absolute Gasteiger partial charge is 0.0446 e. The first-order valence-corrected chi connectivity index (χ1v) is 6.24. The highest BCUT2D eigenvalue weighted by Gasteiger charge is 2.34. The summed E-state index contributed by atoms with van der Waals surface area (Å²) in [5.74, 6) is 0. The monoisotopic (exact) mass is 214 g/mol. The van der Waals surface area contributed by atoms with Crippen LogP contribution in [0.15, 0.2) is 0 Å². The average molecular weight is 214 g/mol. The molecule has 0 radical (unpaired) electrons. The molecule has 1 saturated heterocycles. The highest BCUT2D eigenvalue weighted by Crippen LogP contribution is 2.36. The maximum Gasteiger partial charge on any atom is 0.0446 e. The minimum atomic E-state index is 0.138. The fourth-order valence-corrected chi connectivity index (χ4v) is 2.60. The van der Waals surface area contributed by atoms with E-state index in [1.165, 1.54) is 32.4 Å². The van der Waals surface area contributed by atoms with Crippen LogP contribution in [0, 0.1) is 5.41 Å². The summed E-state index contributed by atoms with van der Waals surface area (Å²) in [5.41, 5.74) is 6.47. The van der Waals surface area contributed by atoms with Crippen LogP contribution in [0.25, 0.3) is 0 Å². The summed E-state index contributed by atoms with van der Waals surface area (Å²) in [4.78, 5) is 2.47. The molecule has 0 saturated carbocycles. The van der Waals surface area contributed by atoms with Crippen molar-refractivity contribution in [2.24, 2.45) is 11.1 Å². The lowest BCUT2D eigenvalue weighted by atomic mass is 9.82. The van der Waals surface area contributed by atoms with Gasteiger partial charge >= 0.3 is 0 Å². The molecule has 1 aliphatic heterocycles. The second-order valence-electron chi connectivity index (χ2n) is 4.96. The molecule has 1 unspecified atom stereocenters. The molecule has 90 valence electrons. The molecule has 15 heavy (non-hydrogen) atoms. The zero-order valence-electron chi connectivity index (χ0n) is 10.2. The van der Waals surface area contributed by atoms with Gasteiger partial charge in [0.2, 0.25) is 0 Å². The van der Waals surface area contributed by atoms with Gasteiger partial charge in [0.1, 0.15) is 0 Å². The maximum absolute atomic E-state index is 8.81. The lowest BCUT2D eigenvalue weighted by molar-refractivity contribution is 0.216. The fourth-order valence-electron chi connectivity index (χ4n) is 2.60. The molecule has 0 aromatic rings. The van der Waals surface area contributed by atoms with Gasteiger partial charge in [-0.1, -0.05) is 13.8 Å². The summed E-state index contributed by atoms with van der Waals surface area (Å²) in [6.07, 6.45) is 4.58. The highest BCUT2D eigenvalue weighted by atomic mass is 16.3. The van der Waals surface area contributed by atoms with Crippen molar-refractivity contribution in [3.05, 3.63) is 0 Å². The molecule has 0 aliphatic carbocycles. The molecule has 0 aromatic heterocycles. The van der Waals surface area contributed by atoms with E-state index in [2.05, 4.69) is 18.7 Å². The number of rotatable bonds is 6. The summed E-state index contributed by atoms with van der Waals surface area (Å²) in [6.45, 7) is 8.12. The van der Waals surface area contributed by atoms with E-state index in [0.717, 1.165) is 13.0 Å². The Morgan fingerprint density at radius 1 is 1.40 bits per heavy atom. The van der Waals surface area contributed by atoms with E-state index in [-0.39, 0.29) is 12.6 Å². The Hall–Kier alpha value is -0.120. The molecule has 0 aromatic carbocycles. The Morgan fingerprint density at radius 3 is 2.53 bits per heavy atom. The van der Waals surface area contributed by atoms with Crippen LogP contribution in [0.2, 0.25) is 0 Å². The van der Waals surface area contributed by atoms with E-state index in [1.807, 2.05) is 0 Å². The van der Waals surface area contributed by atoms with E-state index >= 15 is 0 Å². The van der Waals surface area contributed by atoms with Gasteiger partial charge in [-0.15, -0.1) is 0 Å². The standard InChI is InChI=1S/C12H26N2O/c1-3-12(4-2)6-7-14(10-12)9-11(13)5-8-15/h11,15H,3-10,13H2,1-2H3. The number of aliphatic hydroxyl groups excluding tert-OH is 1. The van der Waals surface area contributed by atoms with Crippen molar-refractivity contribution >= 4 is 0 Å². The van der Waals surface area contributed by atoms with Crippen molar-refractivity contribution in [1.29, 1.82) is 0 Å². The van der Waals surface area contributed by atoms with Gasteiger partial charge in [-0.3, -0.25) is 0 Å². The van der Waals surface area contributed by atoms with Crippen LogP contribution in [-0.2, 0) is 0 Å². The average Bonchev–Trinajstić information content (AvgIpc) is 2.63. The van der Waals surface area contributed by atoms with E-state index in [0.29, 0.717) is 5.41 Å². The summed E-state index contributed by atoms with van der Waals surface area (Å²) >= 11 is 0. The number of hydrogen-bond donors (Lipinski definition) is 2. The van der Waals surface area contributed by atoms with Gasteiger partial charge in [0.25, 0.3) is 0 Å². The fraction of sp³-hybridized carbons (Fsp3) is 1.00. The first kappa shape index (κ1) is 12.9. The molecule has 1 rings (SSSR count). The minimum absolute atomic E-state index is 0.138. The summed E-state index contributed by atoms with van der Waals surface area (Å²) in [5, 5.41) is 8.81. The van der Waals surface area contributed by atoms with Crippen molar-refractivity contribution in [3.8, 4) is 0 Å². The Labute approximate surface area is 93.6 Å². The van der Waals surface area contributed by atoms with E-state index in [1.54, 1.807) is 0 Å². The van der Waals surface area contributed by atoms with E-state index in [9.17, 15) is 0 Å². The van der Waals surface area contributed by atoms with Crippen LogP contribution in [0.1, 0.15) is 39.5 Å². The van der Waals surface area contributed by atoms with Gasteiger partial charge in [-0.2, -0.15) is 0 Å². The Morgan fingerprint density at radius 2 is 2.07 bits per heavy atom. The Bertz CT molecular complexity index is 180. The quantitative estimate of drug-likeness (QED) is 0.698. The van der Waals surface area contributed by atoms with Crippen LogP contribution in [-0.4, -0.2) is 42.3 Å². The first-order valence-electron chi connectivity index (χ1n) is 6.24. The van der Waals surface area contributed by atoms with Gasteiger partial charge in [-0.25, -0.2) is 0 Å². The summed E-state index contributed by atoms with van der Waals surface area (Å²) < 4.78 is 0. The van der Waals surface area contributed by atoms with E-state index < -0.39 is 0 Å². The third kappa shape index (κ3) is 3.44. The zero-order chi connectivity index (χ0) is 11.3.